The lowest BCUT2D eigenvalue weighted by atomic mass is 10.1. The molecule has 2 N–H and O–H groups in total. The maximum absolute atomic E-state index is 13.7. The van der Waals surface area contributed by atoms with E-state index in [2.05, 4.69) is 0 Å². The van der Waals surface area contributed by atoms with Crippen LogP contribution in [0.4, 0.5) is 4.39 Å². The van der Waals surface area contributed by atoms with Crippen LogP contribution in [-0.2, 0) is 4.74 Å². The predicted molar refractivity (Wildman–Crippen MR) is 65.8 cm³/mol. The Kier molecular flexibility index (Phi) is 3.93. The number of morpholine rings is 1. The zero-order valence-corrected chi connectivity index (χ0v) is 10.4. The van der Waals surface area contributed by atoms with Crippen LogP contribution >= 0.6 is 0 Å². The van der Waals surface area contributed by atoms with Gasteiger partial charge in [-0.1, -0.05) is 11.6 Å². The van der Waals surface area contributed by atoms with E-state index in [0.29, 0.717) is 26.3 Å². The standard InChI is InChI=1S/C13H17FN2O2/c1-9-2-3-12(14)11(6-9)13(17)16-4-5-18-8-10(16)7-15/h2-3,6,10H,4-5,7-8,15H2,1H3. The molecule has 98 valence electrons. The molecule has 0 bridgehead atoms. The highest BCUT2D eigenvalue weighted by atomic mass is 19.1. The SMILES string of the molecule is Cc1ccc(F)c(C(=O)N2CCOCC2CN)c1. The van der Waals surface area contributed by atoms with Crippen LogP contribution in [0.2, 0.25) is 0 Å². The van der Waals surface area contributed by atoms with E-state index in [-0.39, 0.29) is 17.5 Å². The molecular weight excluding hydrogens is 235 g/mol. The van der Waals surface area contributed by atoms with Gasteiger partial charge in [0.15, 0.2) is 0 Å². The number of halogens is 1. The lowest BCUT2D eigenvalue weighted by Gasteiger charge is -2.35. The lowest BCUT2D eigenvalue weighted by molar-refractivity contribution is 0.000596. The van der Waals surface area contributed by atoms with Crippen molar-refractivity contribution in [3.63, 3.8) is 0 Å². The van der Waals surface area contributed by atoms with Crippen LogP contribution in [0.5, 0.6) is 0 Å². The summed E-state index contributed by atoms with van der Waals surface area (Å²) in [6.07, 6.45) is 0. The molecule has 1 unspecified atom stereocenters. The molecule has 1 heterocycles. The fourth-order valence-corrected chi connectivity index (χ4v) is 2.08. The molecular formula is C13H17FN2O2. The van der Waals surface area contributed by atoms with Gasteiger partial charge in [0.05, 0.1) is 24.8 Å². The summed E-state index contributed by atoms with van der Waals surface area (Å²) >= 11 is 0. The number of hydrogen-bond acceptors (Lipinski definition) is 3. The van der Waals surface area contributed by atoms with Crippen LogP contribution < -0.4 is 5.73 Å². The number of benzene rings is 1. The molecule has 1 aliphatic rings. The Morgan fingerprint density at radius 2 is 2.39 bits per heavy atom. The fraction of sp³-hybridized carbons (Fsp3) is 0.462. The van der Waals surface area contributed by atoms with E-state index in [1.54, 1.807) is 17.0 Å². The predicted octanol–water partition coefficient (Wildman–Crippen LogP) is 0.934. The number of nitrogens with zero attached hydrogens (tertiary/aromatic N) is 1. The number of carbonyl (C=O) groups excluding carboxylic acids is 1. The number of aryl methyl sites for hydroxylation is 1. The quantitative estimate of drug-likeness (QED) is 0.852. The molecule has 1 saturated heterocycles. The highest BCUT2D eigenvalue weighted by Crippen LogP contribution is 2.16. The summed E-state index contributed by atoms with van der Waals surface area (Å²) in [6.45, 7) is 3.48. The van der Waals surface area contributed by atoms with Crippen molar-refractivity contribution in [1.29, 1.82) is 0 Å². The van der Waals surface area contributed by atoms with Gasteiger partial charge in [0.25, 0.3) is 5.91 Å². The maximum atomic E-state index is 13.7. The summed E-state index contributed by atoms with van der Waals surface area (Å²) < 4.78 is 19.0. The molecule has 0 aromatic heterocycles. The van der Waals surface area contributed by atoms with Gasteiger partial charge in [0.1, 0.15) is 5.82 Å². The highest BCUT2D eigenvalue weighted by molar-refractivity contribution is 5.95. The molecule has 4 nitrogen and oxygen atoms in total. The third-order valence-electron chi connectivity index (χ3n) is 3.11. The second kappa shape index (κ2) is 5.46. The van der Waals surface area contributed by atoms with Crippen LogP contribution in [0.15, 0.2) is 18.2 Å². The van der Waals surface area contributed by atoms with Gasteiger partial charge >= 0.3 is 0 Å². The summed E-state index contributed by atoms with van der Waals surface area (Å²) in [5.41, 5.74) is 6.58. The molecule has 1 aromatic carbocycles. The van der Waals surface area contributed by atoms with Crippen molar-refractivity contribution in [3.05, 3.63) is 35.1 Å². The van der Waals surface area contributed by atoms with E-state index in [1.807, 2.05) is 6.92 Å². The first-order valence-electron chi connectivity index (χ1n) is 5.98. The zero-order valence-electron chi connectivity index (χ0n) is 10.4. The van der Waals surface area contributed by atoms with Crippen molar-refractivity contribution >= 4 is 5.91 Å². The van der Waals surface area contributed by atoms with Gasteiger partial charge in [0.2, 0.25) is 0 Å². The van der Waals surface area contributed by atoms with Crippen LogP contribution in [0.3, 0.4) is 0 Å². The fourth-order valence-electron chi connectivity index (χ4n) is 2.08. The Hall–Kier alpha value is -1.46. The van der Waals surface area contributed by atoms with Crippen molar-refractivity contribution in [2.45, 2.75) is 13.0 Å². The Bertz CT molecular complexity index is 451. The van der Waals surface area contributed by atoms with Crippen LogP contribution in [-0.4, -0.2) is 43.2 Å². The number of amides is 1. The molecule has 1 fully saturated rings. The zero-order chi connectivity index (χ0) is 13.1. The second-order valence-corrected chi connectivity index (χ2v) is 4.45. The Balaban J connectivity index is 2.26. The first kappa shape index (κ1) is 13.0. The molecule has 0 aliphatic carbocycles. The van der Waals surface area contributed by atoms with E-state index in [9.17, 15) is 9.18 Å². The average Bonchev–Trinajstić information content (AvgIpc) is 2.40. The minimum absolute atomic E-state index is 0.107. The monoisotopic (exact) mass is 252 g/mol. The number of carbonyl (C=O) groups is 1. The first-order chi connectivity index (χ1) is 8.63. The Morgan fingerprint density at radius 1 is 1.61 bits per heavy atom. The molecule has 1 aliphatic heterocycles. The minimum Gasteiger partial charge on any atom is -0.377 e. The first-order valence-corrected chi connectivity index (χ1v) is 5.98. The molecule has 1 atom stereocenters. The molecule has 18 heavy (non-hydrogen) atoms. The van der Waals surface area contributed by atoms with E-state index >= 15 is 0 Å². The van der Waals surface area contributed by atoms with Crippen molar-refractivity contribution < 1.29 is 13.9 Å². The summed E-state index contributed by atoms with van der Waals surface area (Å²) in [5, 5.41) is 0. The molecule has 5 heteroatoms. The Morgan fingerprint density at radius 3 is 3.11 bits per heavy atom. The van der Waals surface area contributed by atoms with E-state index in [4.69, 9.17) is 10.5 Å². The number of hydrogen-bond donors (Lipinski definition) is 1. The summed E-state index contributed by atoms with van der Waals surface area (Å²) in [4.78, 5) is 13.9. The van der Waals surface area contributed by atoms with Gasteiger partial charge in [-0.05, 0) is 19.1 Å². The topological polar surface area (TPSA) is 55.6 Å². The van der Waals surface area contributed by atoms with Crippen molar-refractivity contribution in [1.82, 2.24) is 4.90 Å². The van der Waals surface area contributed by atoms with Crippen LogP contribution in [0.25, 0.3) is 0 Å². The number of ether oxygens (including phenoxy) is 1. The van der Waals surface area contributed by atoms with Crippen LogP contribution in [0.1, 0.15) is 15.9 Å². The smallest absolute Gasteiger partial charge is 0.257 e. The van der Waals surface area contributed by atoms with Crippen molar-refractivity contribution in [2.24, 2.45) is 5.73 Å². The molecule has 1 amide bonds. The van der Waals surface area contributed by atoms with Gasteiger partial charge in [-0.3, -0.25) is 4.79 Å². The molecule has 0 saturated carbocycles. The van der Waals surface area contributed by atoms with Crippen LogP contribution in [0, 0.1) is 12.7 Å². The average molecular weight is 252 g/mol. The highest BCUT2D eigenvalue weighted by Gasteiger charge is 2.28. The normalized spacial score (nSPS) is 19.9. The largest absolute Gasteiger partial charge is 0.377 e. The molecule has 2 rings (SSSR count). The van der Waals surface area contributed by atoms with Gasteiger partial charge in [0, 0.05) is 13.1 Å². The van der Waals surface area contributed by atoms with Crippen molar-refractivity contribution in [3.8, 4) is 0 Å². The van der Waals surface area contributed by atoms with Gasteiger partial charge in [-0.25, -0.2) is 4.39 Å². The number of nitrogens with two attached hydrogens (primary N) is 1. The third-order valence-corrected chi connectivity index (χ3v) is 3.11. The maximum Gasteiger partial charge on any atom is 0.257 e. The summed E-state index contributed by atoms with van der Waals surface area (Å²) in [6, 6.07) is 4.36. The summed E-state index contributed by atoms with van der Waals surface area (Å²) in [7, 11) is 0. The third kappa shape index (κ3) is 2.52. The minimum atomic E-state index is -0.493. The molecule has 0 spiro atoms. The van der Waals surface area contributed by atoms with E-state index < -0.39 is 5.82 Å². The number of rotatable bonds is 2. The van der Waals surface area contributed by atoms with Gasteiger partial charge in [-0.15, -0.1) is 0 Å². The summed E-state index contributed by atoms with van der Waals surface area (Å²) in [5.74, 6) is -0.803. The van der Waals surface area contributed by atoms with E-state index in [0.717, 1.165) is 5.56 Å². The van der Waals surface area contributed by atoms with Crippen molar-refractivity contribution in [2.75, 3.05) is 26.3 Å². The lowest BCUT2D eigenvalue weighted by Crippen LogP contribution is -2.52. The second-order valence-electron chi connectivity index (χ2n) is 4.45. The molecule has 1 aromatic rings. The molecule has 0 radical (unpaired) electrons. The Labute approximate surface area is 106 Å². The van der Waals surface area contributed by atoms with Gasteiger partial charge in [-0.2, -0.15) is 0 Å². The van der Waals surface area contributed by atoms with E-state index in [1.165, 1.54) is 6.07 Å². The van der Waals surface area contributed by atoms with Gasteiger partial charge < -0.3 is 15.4 Å².